The maximum atomic E-state index is 13.0. The summed E-state index contributed by atoms with van der Waals surface area (Å²) < 4.78 is 61.4. The van der Waals surface area contributed by atoms with Crippen molar-refractivity contribution < 1.29 is 78.2 Å². The molecule has 0 atom stereocenters. The average Bonchev–Trinajstić information content (AvgIpc) is 2.31. The number of hydrogen-bond acceptors (Lipinski definition) is 2. The molecule has 0 spiro atoms. The van der Waals surface area contributed by atoms with Crippen molar-refractivity contribution in [3.8, 4) is 5.75 Å². The van der Waals surface area contributed by atoms with Crippen LogP contribution in [0, 0.1) is 11.7 Å². The van der Waals surface area contributed by atoms with E-state index in [-0.39, 0.29) is 64.6 Å². The van der Waals surface area contributed by atoms with Crippen molar-refractivity contribution in [3.05, 3.63) is 24.0 Å². The largest absolute Gasteiger partial charge is 1.00 e. The van der Waals surface area contributed by atoms with Crippen molar-refractivity contribution in [1.29, 1.82) is 0 Å². The Balaban J connectivity index is 0.00000400. The first-order valence-corrected chi connectivity index (χ1v) is 6.50. The zero-order valence-corrected chi connectivity index (χ0v) is 15.7. The fourth-order valence-corrected chi connectivity index (χ4v) is 1.54. The van der Waals surface area contributed by atoms with E-state index in [0.29, 0.717) is 18.6 Å². The third-order valence-electron chi connectivity index (χ3n) is 2.65. The van der Waals surface area contributed by atoms with Crippen LogP contribution in [0.1, 0.15) is 20.3 Å². The summed E-state index contributed by atoms with van der Waals surface area (Å²) in [5.41, 5.74) is -0.923. The second-order valence-electron chi connectivity index (χ2n) is 4.90. The van der Waals surface area contributed by atoms with Crippen molar-refractivity contribution in [2.75, 3.05) is 19.8 Å². The number of rotatable bonds is 8. The van der Waals surface area contributed by atoms with Crippen LogP contribution in [0.4, 0.5) is 17.3 Å². The van der Waals surface area contributed by atoms with E-state index in [4.69, 9.17) is 9.47 Å². The van der Waals surface area contributed by atoms with Gasteiger partial charge in [-0.3, -0.25) is 0 Å². The van der Waals surface area contributed by atoms with Crippen LogP contribution in [0.25, 0.3) is 0 Å². The molecule has 0 saturated heterocycles. The molecule has 0 fully saturated rings. The van der Waals surface area contributed by atoms with Gasteiger partial charge in [0, 0.05) is 12.7 Å². The van der Waals surface area contributed by atoms with Gasteiger partial charge in [0.15, 0.2) is 0 Å². The number of ether oxygens (including phenoxy) is 2. The minimum absolute atomic E-state index is 0. The summed E-state index contributed by atoms with van der Waals surface area (Å²) in [6.45, 7) is -0.470. The van der Waals surface area contributed by atoms with Crippen LogP contribution in [0.2, 0.25) is 0 Å². The first-order valence-electron chi connectivity index (χ1n) is 6.50. The predicted octanol–water partition coefficient (Wildman–Crippen LogP) is 0.326. The van der Waals surface area contributed by atoms with Gasteiger partial charge in [-0.25, -0.2) is 4.39 Å². The van der Waals surface area contributed by atoms with Crippen molar-refractivity contribution in [2.45, 2.75) is 20.3 Å². The van der Waals surface area contributed by atoms with E-state index < -0.39 is 24.0 Å². The summed E-state index contributed by atoms with van der Waals surface area (Å²) in [4.78, 5) is 0. The van der Waals surface area contributed by atoms with Crippen LogP contribution in [-0.4, -0.2) is 26.8 Å². The first-order chi connectivity index (χ1) is 9.30. The average molecular weight is 332 g/mol. The van der Waals surface area contributed by atoms with Crippen LogP contribution in [-0.2, 0) is 4.74 Å². The Kier molecular flexibility index (Phi) is 10.4. The van der Waals surface area contributed by atoms with Crippen molar-refractivity contribution >= 4 is 12.4 Å². The minimum Gasteiger partial charge on any atom is -0.494 e. The number of halogens is 4. The standard InChI is InChI=1S/C13H18BF4O2.K/c1-10(2)5-6-19-7-8-20-13-9-11(15)3-4-12(13)14(16,17)18;/h3-4,9-10H,5-8H2,1-2H3;/q-1;+1. The molecule has 0 aromatic heterocycles. The molecule has 2 nitrogen and oxygen atoms in total. The van der Waals surface area contributed by atoms with Gasteiger partial charge in [0.1, 0.15) is 12.4 Å². The molecule has 0 amide bonds. The molecule has 1 aromatic rings. The van der Waals surface area contributed by atoms with Gasteiger partial charge in [-0.15, -0.1) is 0 Å². The maximum absolute atomic E-state index is 13.0. The normalized spacial score (nSPS) is 11.4. The van der Waals surface area contributed by atoms with Gasteiger partial charge in [0.05, 0.1) is 12.4 Å². The summed E-state index contributed by atoms with van der Waals surface area (Å²) in [6, 6.07) is 2.22. The Labute approximate surface area is 165 Å². The Morgan fingerprint density at radius 2 is 1.76 bits per heavy atom. The Morgan fingerprint density at radius 3 is 2.33 bits per heavy atom. The molecule has 0 heterocycles. The van der Waals surface area contributed by atoms with E-state index in [0.717, 1.165) is 18.6 Å². The Bertz CT molecular complexity index is 427. The molecule has 0 saturated carbocycles. The van der Waals surface area contributed by atoms with Crippen molar-refractivity contribution in [2.24, 2.45) is 5.92 Å². The van der Waals surface area contributed by atoms with E-state index in [1.807, 2.05) is 13.8 Å². The van der Waals surface area contributed by atoms with Crippen LogP contribution >= 0.6 is 0 Å². The summed E-state index contributed by atoms with van der Waals surface area (Å²) in [6.07, 6.45) is 0.872. The molecule has 0 N–H and O–H groups in total. The van der Waals surface area contributed by atoms with Crippen LogP contribution < -0.4 is 61.6 Å². The Morgan fingerprint density at radius 1 is 1.10 bits per heavy atom. The predicted molar refractivity (Wildman–Crippen MR) is 70.9 cm³/mol. The van der Waals surface area contributed by atoms with Gasteiger partial charge in [0.25, 0.3) is 0 Å². The molecule has 0 aliphatic heterocycles. The summed E-state index contributed by atoms with van der Waals surface area (Å²) >= 11 is 0. The second-order valence-corrected chi connectivity index (χ2v) is 4.90. The van der Waals surface area contributed by atoms with Crippen LogP contribution in [0.5, 0.6) is 5.75 Å². The van der Waals surface area contributed by atoms with Gasteiger partial charge in [-0.2, -0.15) is 0 Å². The zero-order valence-electron chi connectivity index (χ0n) is 12.5. The minimum atomic E-state index is -5.22. The monoisotopic (exact) mass is 332 g/mol. The van der Waals surface area contributed by atoms with Gasteiger partial charge in [0.2, 0.25) is 0 Å². The molecule has 0 radical (unpaired) electrons. The molecule has 0 bridgehead atoms. The molecule has 21 heavy (non-hydrogen) atoms. The number of hydrogen-bond donors (Lipinski definition) is 0. The smallest absolute Gasteiger partial charge is 0.494 e. The van der Waals surface area contributed by atoms with Crippen molar-refractivity contribution in [3.63, 3.8) is 0 Å². The topological polar surface area (TPSA) is 18.5 Å². The van der Waals surface area contributed by atoms with E-state index in [2.05, 4.69) is 0 Å². The quantitative estimate of drug-likeness (QED) is 0.388. The van der Waals surface area contributed by atoms with Crippen LogP contribution in [0.3, 0.4) is 0 Å². The third kappa shape index (κ3) is 8.56. The maximum Gasteiger partial charge on any atom is 1.00 e. The van der Waals surface area contributed by atoms with Gasteiger partial charge in [-0.1, -0.05) is 25.4 Å². The van der Waals surface area contributed by atoms with E-state index in [9.17, 15) is 17.3 Å². The van der Waals surface area contributed by atoms with Crippen LogP contribution in [0.15, 0.2) is 18.2 Å². The molecule has 1 rings (SSSR count). The van der Waals surface area contributed by atoms with E-state index in [1.54, 1.807) is 0 Å². The fourth-order valence-electron chi connectivity index (χ4n) is 1.54. The molecule has 8 heteroatoms. The fraction of sp³-hybridized carbons (Fsp3) is 0.538. The third-order valence-corrected chi connectivity index (χ3v) is 2.65. The van der Waals surface area contributed by atoms with E-state index >= 15 is 0 Å². The second kappa shape index (κ2) is 10.2. The van der Waals surface area contributed by atoms with E-state index in [1.165, 1.54) is 0 Å². The molecule has 0 aliphatic rings. The molecule has 0 unspecified atom stereocenters. The molecule has 114 valence electrons. The zero-order chi connectivity index (χ0) is 15.2. The molecular weight excluding hydrogens is 314 g/mol. The van der Waals surface area contributed by atoms with Gasteiger partial charge >= 0.3 is 58.4 Å². The number of benzene rings is 1. The summed E-state index contributed by atoms with van der Waals surface area (Å²) in [5.74, 6) is -0.742. The molecule has 1 aromatic carbocycles. The molecule has 0 aliphatic carbocycles. The first kappa shape index (κ1) is 21.4. The summed E-state index contributed by atoms with van der Waals surface area (Å²) in [7, 11) is 0. The molecular formula is C13H18BF4KO2. The SMILES string of the molecule is CC(C)CCOCCOc1cc(F)ccc1[B-](F)(F)F.[K+]. The summed E-state index contributed by atoms with van der Waals surface area (Å²) in [5, 5.41) is 0. The van der Waals surface area contributed by atoms with Gasteiger partial charge in [-0.05, 0) is 18.4 Å². The Hall–Kier alpha value is 0.401. The van der Waals surface area contributed by atoms with Gasteiger partial charge < -0.3 is 22.4 Å². The van der Waals surface area contributed by atoms with Crippen molar-refractivity contribution in [1.82, 2.24) is 0 Å².